The van der Waals surface area contributed by atoms with E-state index in [9.17, 15) is 0 Å². The van der Waals surface area contributed by atoms with E-state index in [4.69, 9.17) is 0 Å². The molecule has 406 valence electrons. The first-order valence-corrected chi connectivity index (χ1v) is 30.2. The predicted octanol–water partition coefficient (Wildman–Crippen LogP) is 16.2. The number of rotatable bonds is 10. The summed E-state index contributed by atoms with van der Waals surface area (Å²) in [5.74, 6) is -0.00116. The molecule has 0 amide bonds. The van der Waals surface area contributed by atoms with Gasteiger partial charge in [0, 0.05) is 103 Å². The maximum Gasteiger partial charge on any atom is 0.226 e. The van der Waals surface area contributed by atoms with Crippen molar-refractivity contribution in [2.24, 2.45) is 0 Å². The predicted molar refractivity (Wildman–Crippen MR) is 361 cm³/mol. The van der Waals surface area contributed by atoms with Crippen LogP contribution in [0.15, 0.2) is 350 Å². The molecule has 4 heterocycles. The Morgan fingerprint density at radius 2 is 0.558 bits per heavy atom. The lowest BCUT2D eigenvalue weighted by molar-refractivity contribution is 0.706. The fraction of sp³-hybridized carbons (Fsp3) is 0.0513. The molecular formula is C78H58B2N6. The minimum absolute atomic E-state index is 0.000580. The molecule has 0 radical (unpaired) electrons. The highest BCUT2D eigenvalue weighted by Gasteiger charge is 2.57. The lowest BCUT2D eigenvalue weighted by atomic mass is 9.25. The van der Waals surface area contributed by atoms with Crippen LogP contribution in [-0.4, -0.2) is 25.5 Å². The molecule has 4 unspecified atom stereocenters. The van der Waals surface area contributed by atoms with Gasteiger partial charge in [-0.2, -0.15) is 0 Å². The first kappa shape index (κ1) is 49.9. The van der Waals surface area contributed by atoms with Crippen molar-refractivity contribution < 1.29 is 0 Å². The number of allylic oxidation sites excluding steroid dienone is 2. The van der Waals surface area contributed by atoms with Crippen molar-refractivity contribution >= 4 is 104 Å². The van der Waals surface area contributed by atoms with Crippen molar-refractivity contribution in [1.82, 2.24) is 0 Å². The van der Waals surface area contributed by atoms with Crippen molar-refractivity contribution in [1.29, 1.82) is 0 Å². The zero-order chi connectivity index (χ0) is 56.7. The molecule has 0 bridgehead atoms. The lowest BCUT2D eigenvalue weighted by Gasteiger charge is -2.56. The van der Waals surface area contributed by atoms with Gasteiger partial charge in [0.15, 0.2) is 0 Å². The van der Waals surface area contributed by atoms with Crippen molar-refractivity contribution in [2.45, 2.75) is 23.7 Å². The Kier molecular flexibility index (Phi) is 11.9. The summed E-state index contributed by atoms with van der Waals surface area (Å²) in [6.45, 7) is -0.0220. The van der Waals surface area contributed by atoms with E-state index in [0.29, 0.717) is 0 Å². The Labute approximate surface area is 504 Å². The summed E-state index contributed by atoms with van der Waals surface area (Å²) < 4.78 is 0. The van der Waals surface area contributed by atoms with E-state index < -0.39 is 0 Å². The number of para-hydroxylation sites is 10. The highest BCUT2D eigenvalue weighted by Crippen LogP contribution is 2.56. The second kappa shape index (κ2) is 20.6. The van der Waals surface area contributed by atoms with Crippen LogP contribution >= 0.6 is 0 Å². The van der Waals surface area contributed by atoms with Crippen molar-refractivity contribution in [3.8, 4) is 0 Å². The molecular weight excluding hydrogens is 1040 g/mol. The summed E-state index contributed by atoms with van der Waals surface area (Å²) in [6.07, 6.45) is 10.2. The van der Waals surface area contributed by atoms with Crippen LogP contribution < -0.4 is 51.3 Å². The number of anilines is 12. The highest BCUT2D eigenvalue weighted by atomic mass is 15.3. The molecule has 0 aromatic heterocycles. The van der Waals surface area contributed by atoms with Gasteiger partial charge in [0.2, 0.25) is 13.4 Å². The molecule has 17 rings (SSSR count). The summed E-state index contributed by atoms with van der Waals surface area (Å²) in [6, 6.07) is 112. The van der Waals surface area contributed by atoms with Crippen LogP contribution in [0.2, 0.25) is 11.6 Å². The summed E-state index contributed by atoms with van der Waals surface area (Å²) in [7, 11) is 0. The van der Waals surface area contributed by atoms with Crippen LogP contribution in [0.4, 0.5) is 68.2 Å². The zero-order valence-electron chi connectivity index (χ0n) is 47.3. The Balaban J connectivity index is 0.974. The van der Waals surface area contributed by atoms with E-state index in [1.54, 1.807) is 0 Å². The largest absolute Gasteiger partial charge is 0.335 e. The molecule has 0 fully saturated rings. The Morgan fingerprint density at radius 1 is 0.267 bits per heavy atom. The second-order valence-corrected chi connectivity index (χ2v) is 23.2. The van der Waals surface area contributed by atoms with E-state index in [1.165, 1.54) is 56.0 Å². The van der Waals surface area contributed by atoms with Gasteiger partial charge in [-0.25, -0.2) is 0 Å². The monoisotopic (exact) mass is 1100 g/mol. The first-order valence-electron chi connectivity index (χ1n) is 30.2. The van der Waals surface area contributed by atoms with Gasteiger partial charge in [0.25, 0.3) is 0 Å². The van der Waals surface area contributed by atoms with E-state index in [-0.39, 0.29) is 37.1 Å². The molecule has 4 atom stereocenters. The molecule has 6 aliphatic rings. The standard InChI is InChI=1S/C78H58B2N6/c1-9-29-55(30-10-1)81(56-31-11-2-12-32-56)63-49-73-77-75(51-63)85(61-41-21-7-22-42-61)71-54-72-68(53-67(71)79(77)65-45-25-27-47-69(65)83(73)59-37-17-5-18-38-59)80-66-46-26-28-48-70(66)84(60-39-19-6-20-40-60)74-50-64(52-76(78(74)80)86(72)62-43-23-8-24-44-62)82(57-33-13-3-14-34-57)58-35-15-4-16-36-58/h1-54,75-78H. The van der Waals surface area contributed by atoms with Crippen molar-refractivity contribution in [2.75, 3.05) is 29.4 Å². The average Bonchev–Trinajstić information content (AvgIpc) is 0.705. The van der Waals surface area contributed by atoms with Crippen LogP contribution in [0, 0.1) is 0 Å². The van der Waals surface area contributed by atoms with Gasteiger partial charge >= 0.3 is 0 Å². The van der Waals surface area contributed by atoms with Gasteiger partial charge in [-0.3, -0.25) is 0 Å². The summed E-state index contributed by atoms with van der Waals surface area (Å²) in [4.78, 5) is 15.5. The van der Waals surface area contributed by atoms with Gasteiger partial charge in [-0.15, -0.1) is 0 Å². The minimum atomic E-state index is -0.130. The van der Waals surface area contributed by atoms with E-state index in [0.717, 1.165) is 56.9 Å². The molecule has 86 heavy (non-hydrogen) atoms. The third-order valence-corrected chi connectivity index (χ3v) is 18.6. The second-order valence-electron chi connectivity index (χ2n) is 23.2. The molecule has 2 aliphatic carbocycles. The summed E-state index contributed by atoms with van der Waals surface area (Å²) >= 11 is 0. The Bertz CT molecular complexity index is 4110. The molecule has 11 aromatic carbocycles. The van der Waals surface area contributed by atoms with Crippen LogP contribution in [0.3, 0.4) is 0 Å². The van der Waals surface area contributed by atoms with Crippen LogP contribution in [-0.2, 0) is 0 Å². The maximum absolute atomic E-state index is 2.70. The molecule has 11 aromatic rings. The topological polar surface area (TPSA) is 19.4 Å². The Hall–Kier alpha value is -10.7. The maximum atomic E-state index is 2.70. The van der Waals surface area contributed by atoms with Gasteiger partial charge in [-0.05, 0) is 150 Å². The van der Waals surface area contributed by atoms with Crippen LogP contribution in [0.5, 0.6) is 0 Å². The SMILES string of the molecule is C1=C(N(c2ccccc2)c2ccccc2)C=C2C3B(c4ccccc4N2c2ccccc2)c2cc4c(cc2N(c2ccccc2)C13)N(c1ccccc1)C1C=C(N(c2ccccc2)c2ccccc2)C=C2C1B4c1ccccc1N2c1ccccc1. The lowest BCUT2D eigenvalue weighted by Crippen LogP contribution is -2.67. The molecule has 0 spiro atoms. The quantitative estimate of drug-likeness (QED) is 0.126. The molecule has 4 aliphatic heterocycles. The number of hydrogen-bond donors (Lipinski definition) is 0. The third kappa shape index (κ3) is 7.97. The van der Waals surface area contributed by atoms with Gasteiger partial charge < -0.3 is 29.4 Å². The van der Waals surface area contributed by atoms with E-state index in [2.05, 4.69) is 357 Å². The fourth-order valence-corrected chi connectivity index (χ4v) is 15.3. The number of nitrogens with zero attached hydrogens (tertiary/aromatic N) is 6. The number of benzene rings is 11. The Morgan fingerprint density at radius 3 is 0.895 bits per heavy atom. The van der Waals surface area contributed by atoms with E-state index in [1.807, 2.05) is 0 Å². The number of hydrogen-bond acceptors (Lipinski definition) is 6. The van der Waals surface area contributed by atoms with Gasteiger partial charge in [-0.1, -0.05) is 199 Å². The highest BCUT2D eigenvalue weighted by molar-refractivity contribution is 6.93. The molecule has 8 heteroatoms. The van der Waals surface area contributed by atoms with Crippen molar-refractivity contribution in [3.63, 3.8) is 0 Å². The fourth-order valence-electron chi connectivity index (χ4n) is 15.3. The van der Waals surface area contributed by atoms with Gasteiger partial charge in [0.05, 0.1) is 12.1 Å². The first-order chi connectivity index (χ1) is 42.7. The number of fused-ring (bicyclic) bond motifs is 8. The van der Waals surface area contributed by atoms with Crippen LogP contribution in [0.1, 0.15) is 0 Å². The van der Waals surface area contributed by atoms with Crippen molar-refractivity contribution in [3.05, 3.63) is 350 Å². The molecule has 6 nitrogen and oxygen atoms in total. The summed E-state index contributed by atoms with van der Waals surface area (Å²) in [5.41, 5.74) is 24.0. The molecule has 0 saturated heterocycles. The average molecular weight is 1100 g/mol. The molecule has 0 N–H and O–H groups in total. The van der Waals surface area contributed by atoms with Crippen LogP contribution in [0.25, 0.3) is 0 Å². The van der Waals surface area contributed by atoms with E-state index >= 15 is 0 Å². The summed E-state index contributed by atoms with van der Waals surface area (Å²) in [5, 5.41) is 0. The van der Waals surface area contributed by atoms with Gasteiger partial charge in [0.1, 0.15) is 0 Å². The normalized spacial score (nSPS) is 18.4. The smallest absolute Gasteiger partial charge is 0.226 e. The third-order valence-electron chi connectivity index (χ3n) is 18.6. The minimum Gasteiger partial charge on any atom is -0.335 e. The molecule has 0 saturated carbocycles. The zero-order valence-corrected chi connectivity index (χ0v) is 47.3.